The van der Waals surface area contributed by atoms with Crippen molar-refractivity contribution in [1.82, 2.24) is 52.3 Å². The minimum Gasteiger partial charge on any atom is -0.444 e. The maximum atomic E-state index is 15.5. The number of allylic oxidation sites excluding steroid dienone is 1. The van der Waals surface area contributed by atoms with Crippen molar-refractivity contribution in [3.8, 4) is 0 Å². The lowest BCUT2D eigenvalue weighted by atomic mass is 9.84. The molecule has 110 heavy (non-hydrogen) atoms. The molecule has 0 aromatic heterocycles. The average Bonchev–Trinajstić information content (AvgIpc) is 0.784. The molecule has 2 aliphatic heterocycles. The van der Waals surface area contributed by atoms with Gasteiger partial charge < -0.3 is 67.5 Å². The van der Waals surface area contributed by atoms with Crippen LogP contribution in [-0.2, 0) is 67.1 Å². The van der Waals surface area contributed by atoms with Gasteiger partial charge >= 0.3 is 6.09 Å². The predicted octanol–water partition coefficient (Wildman–Crippen LogP) is 7.05. The number of aliphatic hydroxyl groups excluding tert-OH is 3. The first-order chi connectivity index (χ1) is 53.0. The zero-order valence-electron chi connectivity index (χ0n) is 63.3. The first kappa shape index (κ1) is 85.1. The quantitative estimate of drug-likeness (QED) is 0.0127. The van der Waals surface area contributed by atoms with Crippen LogP contribution in [0.2, 0.25) is 0 Å². The number of ether oxygens (including phenoxy) is 1. The highest BCUT2D eigenvalue weighted by Gasteiger charge is 2.40. The number of hydrogen-bond donors (Lipinski definition) is 11. The van der Waals surface area contributed by atoms with Crippen LogP contribution in [0.15, 0.2) is 182 Å². The fraction of sp³-hybridized carbons (Fsp3) is 0.440. The lowest BCUT2D eigenvalue weighted by Gasteiger charge is -2.36. The van der Waals surface area contributed by atoms with Gasteiger partial charge in [0.15, 0.2) is 5.78 Å². The van der Waals surface area contributed by atoms with Crippen molar-refractivity contribution in [1.29, 1.82) is 0 Å². The topological polar surface area (TPSA) is 326 Å². The van der Waals surface area contributed by atoms with E-state index in [9.17, 15) is 39.3 Å². The predicted molar refractivity (Wildman–Crippen MR) is 432 cm³/mol. The molecular weight excluding hydrogens is 1450 g/mol. The van der Waals surface area contributed by atoms with E-state index in [2.05, 4.69) is 125 Å². The summed E-state index contributed by atoms with van der Waals surface area (Å²) in [5.41, 5.74) is 6.80. The zero-order valence-corrected chi connectivity index (χ0v) is 65.7. The van der Waals surface area contributed by atoms with Crippen molar-refractivity contribution >= 4 is 92.1 Å². The number of carbonyl (C=O) groups excluding carboxylic acids is 9. The number of nitrogens with one attached hydrogen (secondary N) is 8. The smallest absolute Gasteiger partial charge is 0.407 e. The molecule has 3 aliphatic rings. The molecule has 26 heteroatoms. The van der Waals surface area contributed by atoms with E-state index in [0.29, 0.717) is 31.5 Å². The Labute approximate surface area is 657 Å². The van der Waals surface area contributed by atoms with Gasteiger partial charge in [0.1, 0.15) is 35.8 Å². The van der Waals surface area contributed by atoms with Crippen LogP contribution in [0.5, 0.6) is 0 Å². The summed E-state index contributed by atoms with van der Waals surface area (Å²) in [7, 11) is 2.07. The summed E-state index contributed by atoms with van der Waals surface area (Å²) < 4.78 is 4.96. The maximum Gasteiger partial charge on any atom is 0.407 e. The summed E-state index contributed by atoms with van der Waals surface area (Å²) in [6.07, 6.45) is -0.187. The summed E-state index contributed by atoms with van der Waals surface area (Å²) in [5, 5.41) is 54.2. The number of aliphatic hydroxyl groups is 3. The van der Waals surface area contributed by atoms with Gasteiger partial charge in [-0.05, 0) is 130 Å². The van der Waals surface area contributed by atoms with Crippen LogP contribution < -0.4 is 42.5 Å². The number of amides is 8. The highest BCUT2D eigenvalue weighted by Crippen LogP contribution is 2.49. The largest absolute Gasteiger partial charge is 0.444 e. The number of fused-ring (bicyclic) bond motifs is 1. The molecule has 0 bridgehead atoms. The Balaban J connectivity index is 0.962. The standard InChI is InChI=1S/C84H106N10O13S3/c1-56(96)70(53-95)89-80(104)72-55-110-109-54-71(90-78(102)68(49-59-28-13-7-14-29-59)86-74(99)52-94-45-43-93(44-46-94)42-25-47-108-84(63-31-15-8-16-32-63,64-33-17-9-18-34-64)65-35-19-10-20-36-65)73(98)51-62(48-58-26-11-6-12-27-58)76(100)88-69(50-61-40-39-60-30-21-22-37-66(60)61)79(103)87-67(77(101)92-75(57(2)97)81(105)91-72)38-23-24-41-85-82(106)107-83(3,4)5/h6-22,26-37,40,56-57,62,67-72,75,95-97H,23-25,38-39,41-55H2,1-5H3,(H,85,106)(H,86,99)(H,87,103)(H,88,100)(H,89,104)(H,90,102)(H,91,105)(H,92,101)/t56-,57-,62-,67+,68-,69-,70-,71+,72+,75+/m1/s1. The Morgan fingerprint density at radius 3 is 1.79 bits per heavy atom. The van der Waals surface area contributed by atoms with E-state index in [-0.39, 0.29) is 56.7 Å². The fourth-order valence-corrected chi connectivity index (χ4v) is 17.6. The number of alkyl carbamates (subject to hydrolysis) is 1. The molecule has 0 saturated carbocycles. The van der Waals surface area contributed by atoms with Crippen molar-refractivity contribution in [3.63, 3.8) is 0 Å². The molecular formula is C84H106N10O13S3. The van der Waals surface area contributed by atoms with Gasteiger partial charge in [0, 0.05) is 69.4 Å². The van der Waals surface area contributed by atoms with Crippen LogP contribution in [0, 0.1) is 5.92 Å². The van der Waals surface area contributed by atoms with Crippen molar-refractivity contribution < 1.29 is 63.2 Å². The normalized spacial score (nSPS) is 20.7. The Bertz CT molecular complexity index is 3930. The summed E-state index contributed by atoms with van der Waals surface area (Å²) in [4.78, 5) is 137. The summed E-state index contributed by atoms with van der Waals surface area (Å²) in [6.45, 7) is 10.7. The van der Waals surface area contributed by atoms with Crippen LogP contribution in [0.4, 0.5) is 4.79 Å². The molecule has 1 aliphatic carbocycles. The minimum absolute atomic E-state index is 0.000628. The van der Waals surface area contributed by atoms with Crippen LogP contribution >= 0.6 is 33.3 Å². The maximum absolute atomic E-state index is 15.5. The Hall–Kier alpha value is -8.86. The average molecular weight is 1560 g/mol. The molecule has 9 rings (SSSR count). The first-order valence-corrected chi connectivity index (χ1v) is 41.4. The number of thioether (sulfide) groups is 1. The first-order valence-electron chi connectivity index (χ1n) is 37.9. The van der Waals surface area contributed by atoms with Crippen molar-refractivity contribution in [2.45, 2.75) is 157 Å². The Kier molecular flexibility index (Phi) is 32.9. The van der Waals surface area contributed by atoms with E-state index in [1.165, 1.54) is 30.5 Å². The second-order valence-corrected chi connectivity index (χ2v) is 33.1. The Morgan fingerprint density at radius 2 is 1.19 bits per heavy atom. The molecule has 6 aromatic rings. The second-order valence-electron chi connectivity index (χ2n) is 29.3. The molecule has 23 nitrogen and oxygen atoms in total. The number of rotatable bonds is 29. The van der Waals surface area contributed by atoms with E-state index in [0.717, 1.165) is 75.7 Å². The van der Waals surface area contributed by atoms with Crippen LogP contribution in [0.25, 0.3) is 5.57 Å². The molecule has 8 amide bonds. The molecule has 588 valence electrons. The monoisotopic (exact) mass is 1560 g/mol. The summed E-state index contributed by atoms with van der Waals surface area (Å²) >= 11 is 1.93. The number of benzene rings is 6. The van der Waals surface area contributed by atoms with Gasteiger partial charge in [-0.1, -0.05) is 204 Å². The van der Waals surface area contributed by atoms with Crippen LogP contribution in [-0.4, -0.2) is 208 Å². The second kappa shape index (κ2) is 42.5. The molecule has 2 fully saturated rings. The van der Waals surface area contributed by atoms with Gasteiger partial charge in [-0.25, -0.2) is 4.79 Å². The van der Waals surface area contributed by atoms with Crippen molar-refractivity contribution in [2.75, 3.05) is 69.7 Å². The number of piperazine rings is 1. The number of ketones is 1. The molecule has 11 N–H and O–H groups in total. The zero-order chi connectivity index (χ0) is 78.6. The number of carbonyl (C=O) groups is 9. The number of hydrogen-bond acceptors (Lipinski definition) is 18. The summed E-state index contributed by atoms with van der Waals surface area (Å²) in [6, 6.07) is 47.8. The van der Waals surface area contributed by atoms with E-state index < -0.39 is 137 Å². The third-order valence-electron chi connectivity index (χ3n) is 19.7. The molecule has 2 saturated heterocycles. The molecule has 10 atom stereocenters. The van der Waals surface area contributed by atoms with Crippen LogP contribution in [0.1, 0.15) is 112 Å². The van der Waals surface area contributed by atoms with E-state index >= 15 is 19.2 Å². The number of Topliss-reactive ketones (excluding diaryl/α,β-unsaturated/α-hetero) is 1. The van der Waals surface area contributed by atoms with Gasteiger partial charge in [0.2, 0.25) is 41.4 Å². The minimum atomic E-state index is -1.75. The van der Waals surface area contributed by atoms with Gasteiger partial charge in [0.05, 0.1) is 42.2 Å². The highest BCUT2D eigenvalue weighted by molar-refractivity contribution is 8.76. The van der Waals surface area contributed by atoms with Gasteiger partial charge in [-0.15, -0.1) is 11.8 Å². The highest BCUT2D eigenvalue weighted by atomic mass is 33.1. The van der Waals surface area contributed by atoms with E-state index in [1.807, 2.05) is 96.7 Å². The molecule has 6 aromatic carbocycles. The lowest BCUT2D eigenvalue weighted by Crippen LogP contribution is -2.61. The molecule has 0 unspecified atom stereocenters. The van der Waals surface area contributed by atoms with Crippen molar-refractivity contribution in [2.24, 2.45) is 5.92 Å². The molecule has 0 radical (unpaired) electrons. The van der Waals surface area contributed by atoms with Gasteiger partial charge in [-0.2, -0.15) is 0 Å². The molecule has 2 heterocycles. The third kappa shape index (κ3) is 25.6. The Morgan fingerprint density at radius 1 is 0.627 bits per heavy atom. The van der Waals surface area contributed by atoms with Gasteiger partial charge in [0.25, 0.3) is 0 Å². The summed E-state index contributed by atoms with van der Waals surface area (Å²) in [5.74, 6) is -6.71. The van der Waals surface area contributed by atoms with Gasteiger partial charge in [-0.3, -0.25) is 43.3 Å². The molecule has 0 spiro atoms. The number of nitrogens with zero attached hydrogens (tertiary/aromatic N) is 2. The SMILES string of the molecule is C[C@@H](O)[C@@H]1NC(=O)[C@H](CCCCNC(=O)OC(C)(C)C)NC(=O)[C@@H](CC2=CCc3ccccc32)NC(=O)[C@H](Cc2ccccc2)CC(=O)[C@@H](NC(=O)[C@@H](Cc2ccccc2)NC(=O)CN2CCN(CCCSC(c3ccccc3)(c3ccccc3)c3ccccc3)CC2)CSSC[C@@H](C(=O)N[C@H](CO)[C@@H](C)O)NC1=O. The number of unbranched alkanes of at least 4 members (excludes halogenated alkanes) is 1. The third-order valence-corrected chi connectivity index (χ3v) is 23.7. The lowest BCUT2D eigenvalue weighted by molar-refractivity contribution is -0.137. The van der Waals surface area contributed by atoms with Crippen molar-refractivity contribution in [3.05, 3.63) is 221 Å². The van der Waals surface area contributed by atoms with E-state index in [1.54, 1.807) is 45.0 Å². The van der Waals surface area contributed by atoms with Crippen LogP contribution in [0.3, 0.4) is 0 Å². The fourth-order valence-electron chi connectivity index (χ4n) is 13.7. The van der Waals surface area contributed by atoms with E-state index in [4.69, 9.17) is 4.74 Å².